The Bertz CT molecular complexity index is 375. The van der Waals surface area contributed by atoms with Crippen LogP contribution in [0.2, 0.25) is 0 Å². The Morgan fingerprint density at radius 2 is 2.14 bits per heavy atom. The SMILES string of the molecule is CC(C)N(CCCO)CC(=O)N(C1=CCCCC1)C1CC1. The van der Waals surface area contributed by atoms with E-state index in [1.54, 1.807) is 0 Å². The van der Waals surface area contributed by atoms with Gasteiger partial charge in [0.1, 0.15) is 0 Å². The lowest BCUT2D eigenvalue weighted by atomic mass is 10.0. The van der Waals surface area contributed by atoms with Gasteiger partial charge < -0.3 is 10.0 Å². The second kappa shape index (κ2) is 7.95. The van der Waals surface area contributed by atoms with Gasteiger partial charge in [-0.1, -0.05) is 6.08 Å². The van der Waals surface area contributed by atoms with Gasteiger partial charge in [0.05, 0.1) is 6.54 Å². The average molecular weight is 294 g/mol. The molecule has 0 heterocycles. The predicted molar refractivity (Wildman–Crippen MR) is 84.8 cm³/mol. The van der Waals surface area contributed by atoms with Crippen molar-refractivity contribution in [2.24, 2.45) is 0 Å². The summed E-state index contributed by atoms with van der Waals surface area (Å²) in [5.74, 6) is 0.247. The number of hydrogen-bond acceptors (Lipinski definition) is 3. The fourth-order valence-corrected chi connectivity index (χ4v) is 3.01. The molecule has 0 spiro atoms. The highest BCUT2D eigenvalue weighted by atomic mass is 16.3. The number of amides is 1. The standard InChI is InChI=1S/C17H30N2O2/c1-14(2)18(11-6-12-20)13-17(21)19(16-9-10-16)15-7-4-3-5-8-15/h7,14,16,20H,3-6,8-13H2,1-2H3. The molecule has 1 saturated carbocycles. The van der Waals surface area contributed by atoms with E-state index in [4.69, 9.17) is 5.11 Å². The number of aliphatic hydroxyl groups excluding tert-OH is 1. The van der Waals surface area contributed by atoms with Gasteiger partial charge in [-0.2, -0.15) is 0 Å². The molecule has 1 fully saturated rings. The van der Waals surface area contributed by atoms with Crippen LogP contribution in [0.5, 0.6) is 0 Å². The van der Waals surface area contributed by atoms with Crippen LogP contribution in [0.4, 0.5) is 0 Å². The first-order valence-corrected chi connectivity index (χ1v) is 8.49. The predicted octanol–water partition coefficient (Wildman–Crippen LogP) is 2.53. The monoisotopic (exact) mass is 294 g/mol. The maximum absolute atomic E-state index is 12.8. The van der Waals surface area contributed by atoms with Crippen LogP contribution in [0.25, 0.3) is 0 Å². The molecule has 1 amide bonds. The Labute approximate surface area is 128 Å². The van der Waals surface area contributed by atoms with Crippen molar-refractivity contribution in [2.45, 2.75) is 70.9 Å². The van der Waals surface area contributed by atoms with Crippen LogP contribution in [-0.4, -0.2) is 52.6 Å². The number of nitrogens with zero attached hydrogens (tertiary/aromatic N) is 2. The fraction of sp³-hybridized carbons (Fsp3) is 0.824. The van der Waals surface area contributed by atoms with Crippen molar-refractivity contribution in [3.8, 4) is 0 Å². The molecule has 0 aromatic carbocycles. The van der Waals surface area contributed by atoms with E-state index in [9.17, 15) is 4.79 Å². The van der Waals surface area contributed by atoms with Gasteiger partial charge in [0.15, 0.2) is 0 Å². The summed E-state index contributed by atoms with van der Waals surface area (Å²) >= 11 is 0. The van der Waals surface area contributed by atoms with Gasteiger partial charge in [-0.3, -0.25) is 9.69 Å². The molecule has 0 aromatic rings. The van der Waals surface area contributed by atoms with E-state index in [0.717, 1.165) is 38.6 Å². The van der Waals surface area contributed by atoms with Gasteiger partial charge in [-0.15, -0.1) is 0 Å². The van der Waals surface area contributed by atoms with Crippen molar-refractivity contribution < 1.29 is 9.90 Å². The third-order valence-corrected chi connectivity index (χ3v) is 4.43. The largest absolute Gasteiger partial charge is 0.396 e. The van der Waals surface area contributed by atoms with Crippen LogP contribution in [0.3, 0.4) is 0 Å². The third-order valence-electron chi connectivity index (χ3n) is 4.43. The Morgan fingerprint density at radius 3 is 2.67 bits per heavy atom. The third kappa shape index (κ3) is 4.82. The summed E-state index contributed by atoms with van der Waals surface area (Å²) < 4.78 is 0. The molecule has 1 N–H and O–H groups in total. The highest BCUT2D eigenvalue weighted by Crippen LogP contribution is 2.33. The Balaban J connectivity index is 1.98. The smallest absolute Gasteiger partial charge is 0.241 e. The summed E-state index contributed by atoms with van der Waals surface area (Å²) in [4.78, 5) is 17.1. The van der Waals surface area contributed by atoms with Crippen LogP contribution in [0.15, 0.2) is 11.8 Å². The molecule has 0 saturated heterocycles. The first kappa shape index (κ1) is 16.5. The van der Waals surface area contributed by atoms with E-state index < -0.39 is 0 Å². The molecule has 2 aliphatic carbocycles. The number of carbonyl (C=O) groups is 1. The van der Waals surface area contributed by atoms with Crippen molar-refractivity contribution in [2.75, 3.05) is 19.7 Å². The number of hydrogen-bond donors (Lipinski definition) is 1. The van der Waals surface area contributed by atoms with Crippen LogP contribution in [0.1, 0.15) is 58.8 Å². The normalized spacial score (nSPS) is 19.0. The van der Waals surface area contributed by atoms with Crippen molar-refractivity contribution >= 4 is 5.91 Å². The number of rotatable bonds is 8. The quantitative estimate of drug-likeness (QED) is 0.748. The molecule has 0 unspecified atom stereocenters. The summed E-state index contributed by atoms with van der Waals surface area (Å²) in [5, 5.41) is 9.01. The maximum Gasteiger partial charge on any atom is 0.241 e. The second-order valence-electron chi connectivity index (χ2n) is 6.58. The molecule has 120 valence electrons. The molecule has 4 nitrogen and oxygen atoms in total. The Hall–Kier alpha value is -0.870. The average Bonchev–Trinajstić information content (AvgIpc) is 3.29. The van der Waals surface area contributed by atoms with Crippen molar-refractivity contribution in [3.63, 3.8) is 0 Å². The fourth-order valence-electron chi connectivity index (χ4n) is 3.01. The van der Waals surface area contributed by atoms with Crippen LogP contribution in [0, 0.1) is 0 Å². The highest BCUT2D eigenvalue weighted by molar-refractivity contribution is 5.80. The van der Waals surface area contributed by atoms with E-state index >= 15 is 0 Å². The van der Waals surface area contributed by atoms with E-state index in [2.05, 4.69) is 29.7 Å². The lowest BCUT2D eigenvalue weighted by Gasteiger charge is -2.32. The first-order chi connectivity index (χ1) is 10.1. The molecule has 0 aliphatic heterocycles. The van der Waals surface area contributed by atoms with Crippen molar-refractivity contribution in [1.82, 2.24) is 9.80 Å². The maximum atomic E-state index is 12.8. The minimum absolute atomic E-state index is 0.189. The zero-order valence-electron chi connectivity index (χ0n) is 13.6. The number of allylic oxidation sites excluding steroid dienone is 2. The van der Waals surface area contributed by atoms with Crippen LogP contribution >= 0.6 is 0 Å². The summed E-state index contributed by atoms with van der Waals surface area (Å²) in [7, 11) is 0. The molecule has 2 aliphatic rings. The summed E-state index contributed by atoms with van der Waals surface area (Å²) in [6, 6.07) is 0.788. The number of aliphatic hydroxyl groups is 1. The second-order valence-corrected chi connectivity index (χ2v) is 6.58. The summed E-state index contributed by atoms with van der Waals surface area (Å²) in [6.07, 6.45) is 9.95. The minimum Gasteiger partial charge on any atom is -0.396 e. The van der Waals surface area contributed by atoms with Gasteiger partial charge in [-0.05, 0) is 58.8 Å². The van der Waals surface area contributed by atoms with Crippen LogP contribution in [-0.2, 0) is 4.79 Å². The van der Waals surface area contributed by atoms with Gasteiger partial charge in [-0.25, -0.2) is 0 Å². The minimum atomic E-state index is 0.189. The van der Waals surface area contributed by atoms with Gasteiger partial charge >= 0.3 is 0 Å². The lowest BCUT2D eigenvalue weighted by molar-refractivity contribution is -0.131. The summed E-state index contributed by atoms with van der Waals surface area (Å²) in [5.41, 5.74) is 1.26. The topological polar surface area (TPSA) is 43.8 Å². The Morgan fingerprint density at radius 1 is 1.38 bits per heavy atom. The van der Waals surface area contributed by atoms with Crippen molar-refractivity contribution in [1.29, 1.82) is 0 Å². The molecule has 0 radical (unpaired) electrons. The molecule has 0 atom stereocenters. The van der Waals surface area contributed by atoms with Gasteiger partial charge in [0, 0.05) is 30.9 Å². The molecule has 4 heteroatoms. The molecule has 0 aromatic heterocycles. The highest BCUT2D eigenvalue weighted by Gasteiger charge is 2.35. The van der Waals surface area contributed by atoms with E-state index in [0.29, 0.717) is 18.6 Å². The molecule has 0 bridgehead atoms. The summed E-state index contributed by atoms with van der Waals surface area (Å²) in [6.45, 7) is 5.69. The van der Waals surface area contributed by atoms with Gasteiger partial charge in [0.25, 0.3) is 0 Å². The zero-order chi connectivity index (χ0) is 15.2. The molecule has 21 heavy (non-hydrogen) atoms. The van der Waals surface area contributed by atoms with E-state index in [-0.39, 0.29) is 12.5 Å². The zero-order valence-corrected chi connectivity index (χ0v) is 13.6. The van der Waals surface area contributed by atoms with Gasteiger partial charge in [0.2, 0.25) is 5.91 Å². The Kier molecular flexibility index (Phi) is 6.24. The van der Waals surface area contributed by atoms with Crippen LogP contribution < -0.4 is 0 Å². The first-order valence-electron chi connectivity index (χ1n) is 8.49. The molecular weight excluding hydrogens is 264 g/mol. The molecule has 2 rings (SSSR count). The lowest BCUT2D eigenvalue weighted by Crippen LogP contribution is -2.44. The van der Waals surface area contributed by atoms with E-state index in [1.807, 2.05) is 0 Å². The number of carbonyl (C=O) groups excluding carboxylic acids is 1. The molecular formula is C17H30N2O2. The van der Waals surface area contributed by atoms with Crippen molar-refractivity contribution in [3.05, 3.63) is 11.8 Å². The van der Waals surface area contributed by atoms with E-state index in [1.165, 1.54) is 18.5 Å².